The molecule has 1 rings (SSSR count). The molecule has 0 heterocycles. The van der Waals surface area contributed by atoms with Gasteiger partial charge in [-0.15, -0.1) is 0 Å². The predicted octanol–water partition coefficient (Wildman–Crippen LogP) is 1.85. The van der Waals surface area contributed by atoms with E-state index in [-0.39, 0.29) is 6.61 Å². The van der Waals surface area contributed by atoms with Crippen LogP contribution in [0.3, 0.4) is 0 Å². The lowest BCUT2D eigenvalue weighted by Crippen LogP contribution is -2.06. The van der Waals surface area contributed by atoms with E-state index < -0.39 is 10.1 Å². The Hall–Kier alpha value is -1.13. The molecule has 0 aliphatic heterocycles. The molecule has 0 atom stereocenters. The van der Waals surface area contributed by atoms with E-state index in [1.165, 1.54) is 0 Å². The molecule has 0 aliphatic carbocycles. The minimum absolute atomic E-state index is 0.187. The maximum Gasteiger partial charge on any atom is 0.264 e. The first kappa shape index (κ1) is 11.9. The van der Waals surface area contributed by atoms with Crippen LogP contribution in [0.15, 0.2) is 30.8 Å². The van der Waals surface area contributed by atoms with E-state index in [4.69, 9.17) is 0 Å². The Labute approximate surface area is 90.5 Å². The van der Waals surface area contributed by atoms with Crippen molar-refractivity contribution in [2.45, 2.75) is 6.42 Å². The molecule has 0 aliphatic rings. The summed E-state index contributed by atoms with van der Waals surface area (Å²) in [7, 11) is -3.32. The molecule has 0 unspecified atom stereocenters. The van der Waals surface area contributed by atoms with Crippen LogP contribution in [0.25, 0.3) is 6.08 Å². The van der Waals surface area contributed by atoms with E-state index in [2.05, 4.69) is 10.8 Å². The standard InChI is InChI=1S/C11H14O3S/c1-3-10-4-6-11(7-5-10)8-9-14-15(2,12)13/h3-7H,1,8-9H2,2H3. The van der Waals surface area contributed by atoms with Crippen molar-refractivity contribution in [3.05, 3.63) is 42.0 Å². The zero-order chi connectivity index (χ0) is 11.3. The lowest BCUT2D eigenvalue weighted by atomic mass is 10.1. The van der Waals surface area contributed by atoms with Gasteiger partial charge in [0.15, 0.2) is 0 Å². The molecule has 0 radical (unpaired) electrons. The highest BCUT2D eigenvalue weighted by Gasteiger charge is 2.01. The minimum Gasteiger partial charge on any atom is -0.270 e. The molecular formula is C11H14O3S. The molecule has 0 spiro atoms. The third-order valence-electron chi connectivity index (χ3n) is 1.90. The summed E-state index contributed by atoms with van der Waals surface area (Å²) >= 11 is 0. The summed E-state index contributed by atoms with van der Waals surface area (Å²) in [6.45, 7) is 3.84. The van der Waals surface area contributed by atoms with Crippen LogP contribution >= 0.6 is 0 Å². The molecule has 0 saturated carbocycles. The number of benzene rings is 1. The second-order valence-electron chi connectivity index (χ2n) is 3.22. The largest absolute Gasteiger partial charge is 0.270 e. The fourth-order valence-corrected chi connectivity index (χ4v) is 1.52. The van der Waals surface area contributed by atoms with Crippen LogP contribution in [0.2, 0.25) is 0 Å². The lowest BCUT2D eigenvalue weighted by Gasteiger charge is -2.02. The Balaban J connectivity index is 2.48. The Morgan fingerprint density at radius 1 is 1.33 bits per heavy atom. The molecule has 0 N–H and O–H groups in total. The van der Waals surface area contributed by atoms with Gasteiger partial charge in [0.05, 0.1) is 12.9 Å². The van der Waals surface area contributed by atoms with E-state index in [9.17, 15) is 8.42 Å². The summed E-state index contributed by atoms with van der Waals surface area (Å²) in [6, 6.07) is 7.73. The van der Waals surface area contributed by atoms with Gasteiger partial charge in [-0.1, -0.05) is 36.9 Å². The van der Waals surface area contributed by atoms with Gasteiger partial charge >= 0.3 is 0 Å². The molecule has 1 aromatic rings. The van der Waals surface area contributed by atoms with Crippen molar-refractivity contribution in [2.75, 3.05) is 12.9 Å². The van der Waals surface area contributed by atoms with Gasteiger partial charge in [-0.2, -0.15) is 8.42 Å². The first-order valence-electron chi connectivity index (χ1n) is 4.57. The highest BCUT2D eigenvalue weighted by atomic mass is 32.2. The molecule has 0 amide bonds. The summed E-state index contributed by atoms with van der Waals surface area (Å²) in [5.41, 5.74) is 2.09. The molecule has 4 heteroatoms. The van der Waals surface area contributed by atoms with E-state index in [1.807, 2.05) is 24.3 Å². The zero-order valence-electron chi connectivity index (χ0n) is 8.64. The topological polar surface area (TPSA) is 43.4 Å². The Kier molecular flexibility index (Phi) is 4.05. The molecule has 0 saturated heterocycles. The molecular weight excluding hydrogens is 212 g/mol. The molecule has 3 nitrogen and oxygen atoms in total. The van der Waals surface area contributed by atoms with Crippen LogP contribution in [-0.2, 0) is 20.7 Å². The highest BCUT2D eigenvalue weighted by Crippen LogP contribution is 2.06. The zero-order valence-corrected chi connectivity index (χ0v) is 9.46. The minimum atomic E-state index is -3.32. The van der Waals surface area contributed by atoms with Crippen molar-refractivity contribution in [3.8, 4) is 0 Å². The van der Waals surface area contributed by atoms with Crippen molar-refractivity contribution < 1.29 is 12.6 Å². The van der Waals surface area contributed by atoms with E-state index in [0.717, 1.165) is 17.4 Å². The van der Waals surface area contributed by atoms with Gasteiger partial charge in [0.25, 0.3) is 10.1 Å². The van der Waals surface area contributed by atoms with Gasteiger partial charge in [0.2, 0.25) is 0 Å². The maximum absolute atomic E-state index is 10.7. The van der Waals surface area contributed by atoms with Gasteiger partial charge in [-0.3, -0.25) is 4.18 Å². The van der Waals surface area contributed by atoms with Gasteiger partial charge in [-0.05, 0) is 17.5 Å². The number of hydrogen-bond acceptors (Lipinski definition) is 3. The fraction of sp³-hybridized carbons (Fsp3) is 0.273. The van der Waals surface area contributed by atoms with E-state index in [1.54, 1.807) is 6.08 Å². The quantitative estimate of drug-likeness (QED) is 0.720. The second-order valence-corrected chi connectivity index (χ2v) is 4.87. The SMILES string of the molecule is C=Cc1ccc(CCOS(C)(=O)=O)cc1. The Bertz CT molecular complexity index is 418. The Morgan fingerprint density at radius 2 is 1.93 bits per heavy atom. The maximum atomic E-state index is 10.7. The summed E-state index contributed by atoms with van der Waals surface area (Å²) in [5.74, 6) is 0. The van der Waals surface area contributed by atoms with Gasteiger partial charge in [-0.25, -0.2) is 0 Å². The third kappa shape index (κ3) is 4.76. The fourth-order valence-electron chi connectivity index (χ4n) is 1.13. The van der Waals surface area contributed by atoms with Crippen LogP contribution in [0.1, 0.15) is 11.1 Å². The van der Waals surface area contributed by atoms with Crippen molar-refractivity contribution in [1.82, 2.24) is 0 Å². The average molecular weight is 226 g/mol. The highest BCUT2D eigenvalue weighted by molar-refractivity contribution is 7.85. The lowest BCUT2D eigenvalue weighted by molar-refractivity contribution is 0.326. The van der Waals surface area contributed by atoms with Crippen molar-refractivity contribution in [3.63, 3.8) is 0 Å². The second kappa shape index (κ2) is 5.09. The summed E-state index contributed by atoms with van der Waals surface area (Å²) in [5, 5.41) is 0. The van der Waals surface area contributed by atoms with Crippen LogP contribution in [0.5, 0.6) is 0 Å². The first-order valence-corrected chi connectivity index (χ1v) is 6.39. The van der Waals surface area contributed by atoms with Crippen molar-refractivity contribution in [1.29, 1.82) is 0 Å². The van der Waals surface area contributed by atoms with Crippen LogP contribution < -0.4 is 0 Å². The molecule has 0 bridgehead atoms. The van der Waals surface area contributed by atoms with Crippen molar-refractivity contribution in [2.24, 2.45) is 0 Å². The number of hydrogen-bond donors (Lipinski definition) is 0. The molecule has 1 aromatic carbocycles. The molecule has 15 heavy (non-hydrogen) atoms. The van der Waals surface area contributed by atoms with Crippen LogP contribution in [0, 0.1) is 0 Å². The van der Waals surface area contributed by atoms with Crippen LogP contribution in [0.4, 0.5) is 0 Å². The Morgan fingerprint density at radius 3 is 2.40 bits per heavy atom. The van der Waals surface area contributed by atoms with Gasteiger partial charge in [0.1, 0.15) is 0 Å². The van der Waals surface area contributed by atoms with Crippen molar-refractivity contribution >= 4 is 16.2 Å². The van der Waals surface area contributed by atoms with Crippen LogP contribution in [-0.4, -0.2) is 21.3 Å². The van der Waals surface area contributed by atoms with E-state index >= 15 is 0 Å². The summed E-state index contributed by atoms with van der Waals surface area (Å²) in [4.78, 5) is 0. The monoisotopic (exact) mass is 226 g/mol. The predicted molar refractivity (Wildman–Crippen MR) is 61.0 cm³/mol. The average Bonchev–Trinajstić information content (AvgIpc) is 2.17. The molecule has 0 fully saturated rings. The summed E-state index contributed by atoms with van der Waals surface area (Å²) < 4.78 is 26.0. The number of rotatable bonds is 5. The van der Waals surface area contributed by atoms with Gasteiger partial charge < -0.3 is 0 Å². The summed E-state index contributed by atoms with van der Waals surface area (Å²) in [6.07, 6.45) is 3.40. The first-order chi connectivity index (χ1) is 7.01. The molecule has 82 valence electrons. The smallest absolute Gasteiger partial charge is 0.264 e. The van der Waals surface area contributed by atoms with Gasteiger partial charge in [0, 0.05) is 0 Å². The van der Waals surface area contributed by atoms with E-state index in [0.29, 0.717) is 6.42 Å². The normalized spacial score (nSPS) is 11.3. The third-order valence-corrected chi connectivity index (χ3v) is 2.50. The molecule has 0 aromatic heterocycles.